The van der Waals surface area contributed by atoms with E-state index in [0.717, 1.165) is 44.8 Å². The van der Waals surface area contributed by atoms with Crippen molar-refractivity contribution in [2.24, 2.45) is 0 Å². The average molecular weight is 319 g/mol. The van der Waals surface area contributed by atoms with Crippen LogP contribution in [0.2, 0.25) is 0 Å². The number of anilines is 1. The highest BCUT2D eigenvalue weighted by Crippen LogP contribution is 2.09. The predicted molar refractivity (Wildman–Crippen MR) is 84.8 cm³/mol. The maximum absolute atomic E-state index is 12.3. The zero-order valence-electron chi connectivity index (χ0n) is 13.2. The van der Waals surface area contributed by atoms with Gasteiger partial charge < -0.3 is 15.2 Å². The molecule has 124 valence electrons. The van der Waals surface area contributed by atoms with Gasteiger partial charge in [-0.2, -0.15) is 0 Å². The van der Waals surface area contributed by atoms with Crippen molar-refractivity contribution < 1.29 is 14.3 Å². The SMILES string of the molecule is Cc1ccc2c(c1)[n+]([O-])c(NCCCN1CCOCC1)n[n+]2[O-]. The second-order valence-electron chi connectivity index (χ2n) is 5.72. The van der Waals surface area contributed by atoms with Gasteiger partial charge in [-0.05, 0) is 25.0 Å². The highest BCUT2D eigenvalue weighted by atomic mass is 16.5. The van der Waals surface area contributed by atoms with Crippen molar-refractivity contribution in [2.45, 2.75) is 13.3 Å². The Bertz CT molecular complexity index is 688. The Kier molecular flexibility index (Phi) is 4.73. The zero-order chi connectivity index (χ0) is 16.2. The molecule has 1 saturated heterocycles. The second-order valence-corrected chi connectivity index (χ2v) is 5.72. The highest BCUT2D eigenvalue weighted by Gasteiger charge is 2.20. The van der Waals surface area contributed by atoms with Gasteiger partial charge in [-0.25, -0.2) is 4.73 Å². The van der Waals surface area contributed by atoms with Crippen LogP contribution in [0.5, 0.6) is 0 Å². The van der Waals surface area contributed by atoms with E-state index in [9.17, 15) is 10.4 Å². The van der Waals surface area contributed by atoms with Crippen LogP contribution in [0.4, 0.5) is 5.95 Å². The van der Waals surface area contributed by atoms with Crippen molar-refractivity contribution in [2.75, 3.05) is 44.7 Å². The first-order valence-corrected chi connectivity index (χ1v) is 7.83. The van der Waals surface area contributed by atoms with Gasteiger partial charge in [-0.15, -0.1) is 0 Å². The van der Waals surface area contributed by atoms with Crippen LogP contribution in [0.25, 0.3) is 11.0 Å². The first-order valence-electron chi connectivity index (χ1n) is 7.83. The molecule has 3 rings (SSSR count). The highest BCUT2D eigenvalue weighted by molar-refractivity contribution is 5.68. The molecule has 1 fully saturated rings. The van der Waals surface area contributed by atoms with Crippen molar-refractivity contribution in [3.05, 3.63) is 34.2 Å². The number of aromatic nitrogens is 3. The number of morpholine rings is 1. The summed E-state index contributed by atoms with van der Waals surface area (Å²) in [7, 11) is 0. The molecule has 1 aliphatic heterocycles. The molecule has 23 heavy (non-hydrogen) atoms. The molecule has 0 bridgehead atoms. The van der Waals surface area contributed by atoms with Crippen molar-refractivity contribution in [3.8, 4) is 0 Å². The van der Waals surface area contributed by atoms with Crippen LogP contribution < -0.4 is 14.9 Å². The summed E-state index contributed by atoms with van der Waals surface area (Å²) in [6.45, 7) is 6.82. The van der Waals surface area contributed by atoms with Crippen LogP contribution in [0.1, 0.15) is 12.0 Å². The number of hydrogen-bond donors (Lipinski definition) is 1. The summed E-state index contributed by atoms with van der Waals surface area (Å²) in [5.74, 6) is 0.0417. The third-order valence-corrected chi connectivity index (χ3v) is 3.97. The first-order chi connectivity index (χ1) is 11.1. The van der Waals surface area contributed by atoms with Gasteiger partial charge in [0, 0.05) is 30.5 Å². The molecule has 0 saturated carbocycles. The first kappa shape index (κ1) is 15.7. The third-order valence-electron chi connectivity index (χ3n) is 3.97. The Morgan fingerprint density at radius 2 is 2.04 bits per heavy atom. The molecule has 0 atom stereocenters. The molecule has 8 nitrogen and oxygen atoms in total. The molecule has 0 aliphatic carbocycles. The molecule has 2 aromatic rings. The van der Waals surface area contributed by atoms with E-state index in [4.69, 9.17) is 4.74 Å². The molecule has 8 heteroatoms. The van der Waals surface area contributed by atoms with Gasteiger partial charge >= 0.3 is 5.95 Å². The van der Waals surface area contributed by atoms with E-state index in [0.29, 0.717) is 21.6 Å². The van der Waals surface area contributed by atoms with Crippen molar-refractivity contribution in [1.29, 1.82) is 0 Å². The van der Waals surface area contributed by atoms with E-state index in [1.807, 2.05) is 6.92 Å². The average Bonchev–Trinajstić information content (AvgIpc) is 2.56. The van der Waals surface area contributed by atoms with Crippen LogP contribution in [-0.2, 0) is 4.74 Å². The number of hydrogen-bond acceptors (Lipinski definition) is 6. The largest absolute Gasteiger partial charge is 0.739 e. The number of benzene rings is 1. The molecule has 1 N–H and O–H groups in total. The lowest BCUT2D eigenvalue weighted by molar-refractivity contribution is -0.672. The Hall–Kier alpha value is -2.19. The molecule has 0 amide bonds. The maximum Gasteiger partial charge on any atom is 0.460 e. The lowest BCUT2D eigenvalue weighted by atomic mass is 10.2. The number of fused-ring (bicyclic) bond motifs is 1. The Balaban J connectivity index is 1.64. The van der Waals surface area contributed by atoms with Gasteiger partial charge in [-0.1, -0.05) is 6.07 Å². The predicted octanol–water partition coefficient (Wildman–Crippen LogP) is -0.0558. The molecule has 0 unspecified atom stereocenters. The Morgan fingerprint density at radius 1 is 1.26 bits per heavy atom. The minimum Gasteiger partial charge on any atom is -0.739 e. The lowest BCUT2D eigenvalue weighted by Gasteiger charge is -2.26. The van der Waals surface area contributed by atoms with E-state index < -0.39 is 0 Å². The molecule has 1 aromatic heterocycles. The molecular formula is C15H21N5O3. The molecule has 0 spiro atoms. The number of nitrogens with zero attached hydrogens (tertiary/aromatic N) is 4. The van der Waals surface area contributed by atoms with E-state index in [1.54, 1.807) is 18.2 Å². The quantitative estimate of drug-likeness (QED) is 0.472. The van der Waals surface area contributed by atoms with Gasteiger partial charge in [0.05, 0.1) is 19.8 Å². The van der Waals surface area contributed by atoms with Crippen LogP contribution in [0.3, 0.4) is 0 Å². The third kappa shape index (κ3) is 3.59. The maximum atomic E-state index is 12.3. The number of nitrogens with one attached hydrogen (secondary N) is 1. The summed E-state index contributed by atoms with van der Waals surface area (Å²) in [6, 6.07) is 5.09. The molecule has 0 radical (unpaired) electrons. The molecule has 1 aliphatic rings. The minimum atomic E-state index is 0.0417. The van der Waals surface area contributed by atoms with Crippen LogP contribution in [0, 0.1) is 17.3 Å². The van der Waals surface area contributed by atoms with Crippen LogP contribution >= 0.6 is 0 Å². The van der Waals surface area contributed by atoms with Crippen LogP contribution in [0.15, 0.2) is 18.2 Å². The van der Waals surface area contributed by atoms with Crippen LogP contribution in [-0.4, -0.2) is 49.4 Å². The monoisotopic (exact) mass is 319 g/mol. The Labute approximate surface area is 134 Å². The fraction of sp³-hybridized carbons (Fsp3) is 0.533. The topological polar surface area (TPSA) is 91.3 Å². The molecule has 2 heterocycles. The fourth-order valence-electron chi connectivity index (χ4n) is 2.69. The van der Waals surface area contributed by atoms with Gasteiger partial charge in [-0.3, -0.25) is 10.2 Å². The van der Waals surface area contributed by atoms with Gasteiger partial charge in [0.15, 0.2) is 5.52 Å². The number of aryl methyl sites for hydroxylation is 1. The summed E-state index contributed by atoms with van der Waals surface area (Å²) in [5.41, 5.74) is 1.52. The minimum absolute atomic E-state index is 0.0417. The Morgan fingerprint density at radius 3 is 2.83 bits per heavy atom. The van der Waals surface area contributed by atoms with Gasteiger partial charge in [0.2, 0.25) is 5.10 Å². The summed E-state index contributed by atoms with van der Waals surface area (Å²) in [6.07, 6.45) is 0.867. The van der Waals surface area contributed by atoms with E-state index in [2.05, 4.69) is 15.3 Å². The summed E-state index contributed by atoms with van der Waals surface area (Å²) >= 11 is 0. The second kappa shape index (κ2) is 6.93. The standard InChI is InChI=1S/C15H21N5O3/c1-12-3-4-13-14(11-12)19(21)15(17-20(13)22)16-5-2-6-18-7-9-23-10-8-18/h3-4,11H,2,5-10H2,1H3,(H,16,17). The zero-order valence-corrected chi connectivity index (χ0v) is 13.2. The van der Waals surface area contributed by atoms with Gasteiger partial charge in [0.1, 0.15) is 0 Å². The van der Waals surface area contributed by atoms with Crippen molar-refractivity contribution in [3.63, 3.8) is 0 Å². The summed E-state index contributed by atoms with van der Waals surface area (Å²) < 4.78 is 5.99. The summed E-state index contributed by atoms with van der Waals surface area (Å²) in [5, 5.41) is 31.0. The fourth-order valence-corrected chi connectivity index (χ4v) is 2.69. The van der Waals surface area contributed by atoms with E-state index in [-0.39, 0.29) is 11.5 Å². The van der Waals surface area contributed by atoms with Crippen molar-refractivity contribution in [1.82, 2.24) is 10.00 Å². The number of rotatable bonds is 5. The number of ether oxygens (including phenoxy) is 1. The van der Waals surface area contributed by atoms with Crippen molar-refractivity contribution >= 4 is 17.0 Å². The molecular weight excluding hydrogens is 298 g/mol. The lowest BCUT2D eigenvalue weighted by Crippen LogP contribution is -2.44. The normalized spacial score (nSPS) is 15.9. The van der Waals surface area contributed by atoms with E-state index in [1.165, 1.54) is 0 Å². The summed E-state index contributed by atoms with van der Waals surface area (Å²) in [4.78, 5) is 2.81. The smallest absolute Gasteiger partial charge is 0.460 e. The molecule has 1 aromatic carbocycles. The van der Waals surface area contributed by atoms with E-state index >= 15 is 0 Å². The van der Waals surface area contributed by atoms with Gasteiger partial charge in [0.25, 0.3) is 5.52 Å².